The van der Waals surface area contributed by atoms with Crippen molar-refractivity contribution in [3.63, 3.8) is 0 Å². The van der Waals surface area contributed by atoms with Crippen LogP contribution in [0.15, 0.2) is 48.6 Å². The van der Waals surface area contributed by atoms with Gasteiger partial charge in [-0.05, 0) is 103 Å². The van der Waals surface area contributed by atoms with Crippen LogP contribution in [-0.4, -0.2) is 37.2 Å². The highest BCUT2D eigenvalue weighted by molar-refractivity contribution is 5.71. The van der Waals surface area contributed by atoms with Gasteiger partial charge in [-0.2, -0.15) is 0 Å². The van der Waals surface area contributed by atoms with Gasteiger partial charge in [-0.3, -0.25) is 14.4 Å². The number of hydrogen-bond donors (Lipinski definition) is 0. The van der Waals surface area contributed by atoms with Gasteiger partial charge in [0.25, 0.3) is 0 Å². The molecular formula is C61H110O6. The molecule has 0 aromatic heterocycles. The highest BCUT2D eigenvalue weighted by Gasteiger charge is 2.19. The monoisotopic (exact) mass is 939 g/mol. The molecule has 1 unspecified atom stereocenters. The molecule has 0 heterocycles. The van der Waals surface area contributed by atoms with Gasteiger partial charge in [-0.25, -0.2) is 0 Å². The van der Waals surface area contributed by atoms with Gasteiger partial charge < -0.3 is 14.2 Å². The van der Waals surface area contributed by atoms with Crippen LogP contribution in [0, 0.1) is 0 Å². The van der Waals surface area contributed by atoms with E-state index < -0.39 is 6.10 Å². The molecular weight excluding hydrogens is 829 g/mol. The average molecular weight is 940 g/mol. The van der Waals surface area contributed by atoms with Crippen molar-refractivity contribution in [2.24, 2.45) is 0 Å². The zero-order chi connectivity index (χ0) is 48.6. The summed E-state index contributed by atoms with van der Waals surface area (Å²) < 4.78 is 16.9. The Labute approximate surface area is 416 Å². The second-order valence-electron chi connectivity index (χ2n) is 19.5. The van der Waals surface area contributed by atoms with Crippen molar-refractivity contribution in [3.05, 3.63) is 48.6 Å². The van der Waals surface area contributed by atoms with Crippen LogP contribution in [0.25, 0.3) is 0 Å². The number of carbonyl (C=O) groups excluding carboxylic acids is 3. The Morgan fingerprint density at radius 1 is 0.299 bits per heavy atom. The smallest absolute Gasteiger partial charge is 0.306 e. The van der Waals surface area contributed by atoms with Gasteiger partial charge in [0.1, 0.15) is 13.2 Å². The van der Waals surface area contributed by atoms with E-state index in [2.05, 4.69) is 69.4 Å². The van der Waals surface area contributed by atoms with Gasteiger partial charge in [0.05, 0.1) is 0 Å². The number of ether oxygens (including phenoxy) is 3. The molecule has 0 rings (SSSR count). The third-order valence-corrected chi connectivity index (χ3v) is 12.8. The molecule has 0 N–H and O–H groups in total. The predicted octanol–water partition coefficient (Wildman–Crippen LogP) is 19.4. The lowest BCUT2D eigenvalue weighted by Crippen LogP contribution is -2.30. The molecule has 0 spiro atoms. The Kier molecular flexibility index (Phi) is 53.8. The quantitative estimate of drug-likeness (QED) is 0.0262. The van der Waals surface area contributed by atoms with E-state index in [9.17, 15) is 14.4 Å². The largest absolute Gasteiger partial charge is 0.462 e. The van der Waals surface area contributed by atoms with Crippen LogP contribution in [0.1, 0.15) is 303 Å². The minimum Gasteiger partial charge on any atom is -0.462 e. The van der Waals surface area contributed by atoms with Gasteiger partial charge in [-0.1, -0.05) is 230 Å². The van der Waals surface area contributed by atoms with Crippen molar-refractivity contribution in [2.75, 3.05) is 13.2 Å². The fourth-order valence-electron chi connectivity index (χ4n) is 8.35. The van der Waals surface area contributed by atoms with Crippen LogP contribution in [0.2, 0.25) is 0 Å². The molecule has 0 aromatic rings. The van der Waals surface area contributed by atoms with Crippen molar-refractivity contribution >= 4 is 17.9 Å². The fraction of sp³-hybridized carbons (Fsp3) is 0.820. The number of rotatable bonds is 53. The van der Waals surface area contributed by atoms with Crippen LogP contribution in [-0.2, 0) is 28.6 Å². The minimum absolute atomic E-state index is 0.0802. The number of hydrogen-bond acceptors (Lipinski definition) is 6. The maximum Gasteiger partial charge on any atom is 0.306 e. The summed E-state index contributed by atoms with van der Waals surface area (Å²) in [7, 11) is 0. The van der Waals surface area contributed by atoms with Gasteiger partial charge >= 0.3 is 17.9 Å². The number of allylic oxidation sites excluding steroid dienone is 8. The molecule has 0 amide bonds. The third kappa shape index (κ3) is 54.2. The zero-order valence-corrected chi connectivity index (χ0v) is 44.7. The molecule has 0 aliphatic rings. The fourth-order valence-corrected chi connectivity index (χ4v) is 8.35. The Hall–Kier alpha value is -2.63. The highest BCUT2D eigenvalue weighted by Crippen LogP contribution is 2.15. The summed E-state index contributed by atoms with van der Waals surface area (Å²) in [5.74, 6) is -0.889. The summed E-state index contributed by atoms with van der Waals surface area (Å²) in [6.07, 6.45) is 68.1. The van der Waals surface area contributed by atoms with E-state index in [4.69, 9.17) is 14.2 Å². The summed E-state index contributed by atoms with van der Waals surface area (Å²) in [4.78, 5) is 38.2. The summed E-state index contributed by atoms with van der Waals surface area (Å²) in [5, 5.41) is 0. The molecule has 0 aliphatic heterocycles. The van der Waals surface area contributed by atoms with E-state index in [-0.39, 0.29) is 31.1 Å². The molecule has 390 valence electrons. The van der Waals surface area contributed by atoms with E-state index >= 15 is 0 Å². The highest BCUT2D eigenvalue weighted by atomic mass is 16.6. The van der Waals surface area contributed by atoms with Gasteiger partial charge in [0.2, 0.25) is 0 Å². The lowest BCUT2D eigenvalue weighted by Gasteiger charge is -2.18. The van der Waals surface area contributed by atoms with Crippen LogP contribution in [0.5, 0.6) is 0 Å². The molecule has 0 fully saturated rings. The second-order valence-corrected chi connectivity index (χ2v) is 19.5. The molecule has 0 aromatic carbocycles. The average Bonchev–Trinajstić information content (AvgIpc) is 3.33. The molecule has 0 aliphatic carbocycles. The van der Waals surface area contributed by atoms with Crippen LogP contribution in [0.3, 0.4) is 0 Å². The van der Waals surface area contributed by atoms with Crippen molar-refractivity contribution in [1.29, 1.82) is 0 Å². The second kappa shape index (κ2) is 56.0. The SMILES string of the molecule is CCCCC/C=C\C/C=C\CCCCCCCC(=O)OCC(COC(=O)CCCCCCCCC/C=C\CCCCCCCC)OC(=O)CCCCCCCCC/C=C\CCCCCCCC. The molecule has 1 atom stereocenters. The Morgan fingerprint density at radius 3 is 0.866 bits per heavy atom. The Balaban J connectivity index is 4.39. The van der Waals surface area contributed by atoms with Crippen LogP contribution in [0.4, 0.5) is 0 Å². The standard InChI is InChI=1S/C61H110O6/c1-4-7-10-13-16-19-22-25-28-30-33-36-39-42-45-48-51-54-60(63)66-57-58(56-65-59(62)53-50-47-44-41-38-35-32-27-24-21-18-15-12-9-6-3)67-61(64)55-52-49-46-43-40-37-34-31-29-26-23-20-17-14-11-8-5-2/h18,21,25-29,32,58H,4-17,19-20,22-24,30-31,33-57H2,1-3H3/b21-18-,28-25-,29-26-,32-27-. The van der Waals surface area contributed by atoms with Gasteiger partial charge in [-0.15, -0.1) is 0 Å². The maximum atomic E-state index is 12.9. The van der Waals surface area contributed by atoms with Gasteiger partial charge in [0.15, 0.2) is 6.10 Å². The lowest BCUT2D eigenvalue weighted by molar-refractivity contribution is -0.167. The molecule has 0 bridgehead atoms. The summed E-state index contributed by atoms with van der Waals surface area (Å²) in [6.45, 7) is 6.62. The van der Waals surface area contributed by atoms with E-state index in [1.54, 1.807) is 0 Å². The van der Waals surface area contributed by atoms with Crippen molar-refractivity contribution in [1.82, 2.24) is 0 Å². The van der Waals surface area contributed by atoms with Crippen LogP contribution >= 0.6 is 0 Å². The van der Waals surface area contributed by atoms with E-state index in [0.717, 1.165) is 77.0 Å². The molecule has 0 saturated carbocycles. The van der Waals surface area contributed by atoms with Crippen molar-refractivity contribution < 1.29 is 28.6 Å². The summed E-state index contributed by atoms with van der Waals surface area (Å²) >= 11 is 0. The first-order chi connectivity index (χ1) is 33.0. The molecule has 6 heteroatoms. The molecule has 6 nitrogen and oxygen atoms in total. The van der Waals surface area contributed by atoms with E-state index in [1.165, 1.54) is 186 Å². The summed E-state index contributed by atoms with van der Waals surface area (Å²) in [5.41, 5.74) is 0. The number of carbonyl (C=O) groups is 3. The third-order valence-electron chi connectivity index (χ3n) is 12.8. The molecule has 0 saturated heterocycles. The first kappa shape index (κ1) is 64.4. The Bertz CT molecular complexity index is 1170. The minimum atomic E-state index is -0.782. The number of esters is 3. The lowest BCUT2D eigenvalue weighted by atomic mass is 10.1. The first-order valence-corrected chi connectivity index (χ1v) is 29.1. The van der Waals surface area contributed by atoms with Gasteiger partial charge in [0, 0.05) is 19.3 Å². The maximum absolute atomic E-state index is 12.9. The topological polar surface area (TPSA) is 78.9 Å². The molecule has 0 radical (unpaired) electrons. The van der Waals surface area contributed by atoms with E-state index in [0.29, 0.717) is 19.3 Å². The zero-order valence-electron chi connectivity index (χ0n) is 44.7. The van der Waals surface area contributed by atoms with Crippen molar-refractivity contribution in [2.45, 2.75) is 309 Å². The van der Waals surface area contributed by atoms with Crippen LogP contribution < -0.4 is 0 Å². The first-order valence-electron chi connectivity index (χ1n) is 29.1. The Morgan fingerprint density at radius 2 is 0.537 bits per heavy atom. The molecule has 67 heavy (non-hydrogen) atoms. The summed E-state index contributed by atoms with van der Waals surface area (Å²) in [6, 6.07) is 0. The van der Waals surface area contributed by atoms with Crippen molar-refractivity contribution in [3.8, 4) is 0 Å². The van der Waals surface area contributed by atoms with E-state index in [1.807, 2.05) is 0 Å². The number of unbranched alkanes of at least 4 members (excludes halogenated alkanes) is 34. The normalized spacial score (nSPS) is 12.3. The predicted molar refractivity (Wildman–Crippen MR) is 289 cm³/mol.